The smallest absolute Gasteiger partial charge is 0.322 e. The summed E-state index contributed by atoms with van der Waals surface area (Å²) in [6.45, 7) is 2.91. The number of likely N-dealkylation sites (tertiary alicyclic amines) is 1. The zero-order valence-corrected chi connectivity index (χ0v) is 10.7. The molecule has 0 aromatic carbocycles. The van der Waals surface area contributed by atoms with Crippen LogP contribution in [0.5, 0.6) is 0 Å². The topological polar surface area (TPSA) is 90.5 Å². The fraction of sp³-hybridized carbons (Fsp3) is 0.750. The Morgan fingerprint density at radius 1 is 1.26 bits per heavy atom. The lowest BCUT2D eigenvalue weighted by molar-refractivity contribution is -0.136. The van der Waals surface area contributed by atoms with Gasteiger partial charge in [-0.2, -0.15) is 0 Å². The predicted octanol–water partition coefficient (Wildman–Crippen LogP) is -1.20. The molecule has 104 valence electrons. The monoisotopic (exact) mass is 266 g/mol. The maximum Gasteiger partial charge on any atom is 0.322 e. The van der Waals surface area contributed by atoms with Gasteiger partial charge in [-0.05, 0) is 31.8 Å². The molecule has 0 saturated carbocycles. The van der Waals surface area contributed by atoms with Gasteiger partial charge in [0, 0.05) is 19.5 Å². The van der Waals surface area contributed by atoms with E-state index >= 15 is 0 Å². The second kappa shape index (κ2) is 4.48. The number of carbonyl (C=O) groups is 3. The van der Waals surface area contributed by atoms with Crippen LogP contribution in [0.15, 0.2) is 0 Å². The largest absolute Gasteiger partial charge is 0.342 e. The molecule has 3 aliphatic heterocycles. The standard InChI is InChI=1S/C12H18N4O3/c17-9(5-8-6-13-7-8)16-3-1-12(2-4-16)10(18)14-11(19)15-12/h8,13H,1-7H2,(H2,14,15,18,19). The third-order valence-corrected chi connectivity index (χ3v) is 4.31. The summed E-state index contributed by atoms with van der Waals surface area (Å²) < 4.78 is 0. The van der Waals surface area contributed by atoms with Crippen molar-refractivity contribution in [2.45, 2.75) is 24.8 Å². The van der Waals surface area contributed by atoms with E-state index in [0.29, 0.717) is 38.3 Å². The Morgan fingerprint density at radius 3 is 2.42 bits per heavy atom. The Kier molecular flexibility index (Phi) is 2.93. The third kappa shape index (κ3) is 2.18. The molecule has 4 amide bonds. The van der Waals surface area contributed by atoms with Crippen molar-refractivity contribution in [1.29, 1.82) is 0 Å². The van der Waals surface area contributed by atoms with Crippen LogP contribution in [0, 0.1) is 5.92 Å². The first-order chi connectivity index (χ1) is 9.09. The number of hydrogen-bond acceptors (Lipinski definition) is 4. The molecule has 0 aromatic heterocycles. The number of nitrogens with one attached hydrogen (secondary N) is 3. The van der Waals surface area contributed by atoms with E-state index in [1.165, 1.54) is 0 Å². The number of urea groups is 1. The number of piperidine rings is 1. The van der Waals surface area contributed by atoms with Crippen molar-refractivity contribution >= 4 is 17.8 Å². The summed E-state index contributed by atoms with van der Waals surface area (Å²) in [5.74, 6) is 0.358. The second-order valence-electron chi connectivity index (χ2n) is 5.60. The molecule has 0 bridgehead atoms. The Bertz CT molecular complexity index is 425. The van der Waals surface area contributed by atoms with Crippen LogP contribution in [0.1, 0.15) is 19.3 Å². The molecule has 3 fully saturated rings. The minimum Gasteiger partial charge on any atom is -0.342 e. The Hall–Kier alpha value is -1.63. The van der Waals surface area contributed by atoms with E-state index in [4.69, 9.17) is 0 Å². The predicted molar refractivity (Wildman–Crippen MR) is 66.2 cm³/mol. The van der Waals surface area contributed by atoms with Crippen LogP contribution in [-0.2, 0) is 9.59 Å². The first-order valence-corrected chi connectivity index (χ1v) is 6.71. The van der Waals surface area contributed by atoms with Crippen LogP contribution in [-0.4, -0.2) is 54.5 Å². The molecule has 0 aromatic rings. The van der Waals surface area contributed by atoms with Gasteiger partial charge in [0.2, 0.25) is 5.91 Å². The molecule has 3 rings (SSSR count). The number of imide groups is 1. The van der Waals surface area contributed by atoms with Gasteiger partial charge in [0.05, 0.1) is 0 Å². The van der Waals surface area contributed by atoms with Crippen LogP contribution >= 0.6 is 0 Å². The molecule has 7 nitrogen and oxygen atoms in total. The van der Waals surface area contributed by atoms with Gasteiger partial charge in [0.1, 0.15) is 5.54 Å². The second-order valence-corrected chi connectivity index (χ2v) is 5.60. The van der Waals surface area contributed by atoms with Gasteiger partial charge < -0.3 is 15.5 Å². The maximum atomic E-state index is 12.1. The van der Waals surface area contributed by atoms with Crippen LogP contribution in [0.3, 0.4) is 0 Å². The minimum atomic E-state index is -0.786. The number of carbonyl (C=O) groups excluding carboxylic acids is 3. The summed E-state index contributed by atoms with van der Waals surface area (Å²) in [5.41, 5.74) is -0.786. The van der Waals surface area contributed by atoms with E-state index in [1.807, 2.05) is 0 Å². The van der Waals surface area contributed by atoms with Gasteiger partial charge in [-0.15, -0.1) is 0 Å². The lowest BCUT2D eigenvalue weighted by Crippen LogP contribution is -2.56. The van der Waals surface area contributed by atoms with Gasteiger partial charge in [-0.25, -0.2) is 4.79 Å². The van der Waals surface area contributed by atoms with Crippen molar-refractivity contribution in [3.8, 4) is 0 Å². The molecule has 7 heteroatoms. The van der Waals surface area contributed by atoms with Crippen LogP contribution in [0.4, 0.5) is 4.79 Å². The van der Waals surface area contributed by atoms with Crippen LogP contribution < -0.4 is 16.0 Å². The maximum absolute atomic E-state index is 12.1. The average molecular weight is 266 g/mol. The van der Waals surface area contributed by atoms with E-state index in [1.54, 1.807) is 4.90 Å². The highest BCUT2D eigenvalue weighted by Gasteiger charge is 2.48. The van der Waals surface area contributed by atoms with E-state index in [9.17, 15) is 14.4 Å². The summed E-state index contributed by atoms with van der Waals surface area (Å²) >= 11 is 0. The van der Waals surface area contributed by atoms with Crippen molar-refractivity contribution in [1.82, 2.24) is 20.9 Å². The van der Waals surface area contributed by atoms with E-state index < -0.39 is 11.6 Å². The molecule has 1 spiro atoms. The van der Waals surface area contributed by atoms with Crippen molar-refractivity contribution < 1.29 is 14.4 Å². The van der Waals surface area contributed by atoms with Gasteiger partial charge in [-0.1, -0.05) is 0 Å². The molecular formula is C12H18N4O3. The zero-order chi connectivity index (χ0) is 13.5. The summed E-state index contributed by atoms with van der Waals surface area (Å²) in [7, 11) is 0. The van der Waals surface area contributed by atoms with Crippen molar-refractivity contribution in [3.63, 3.8) is 0 Å². The summed E-state index contributed by atoms with van der Waals surface area (Å²) in [6.07, 6.45) is 1.58. The van der Waals surface area contributed by atoms with Gasteiger partial charge in [-0.3, -0.25) is 14.9 Å². The van der Waals surface area contributed by atoms with Gasteiger partial charge in [0.25, 0.3) is 5.91 Å². The van der Waals surface area contributed by atoms with Crippen molar-refractivity contribution in [3.05, 3.63) is 0 Å². The number of rotatable bonds is 2. The molecular weight excluding hydrogens is 248 g/mol. The van der Waals surface area contributed by atoms with E-state index in [0.717, 1.165) is 13.1 Å². The van der Waals surface area contributed by atoms with Crippen LogP contribution in [0.25, 0.3) is 0 Å². The summed E-state index contributed by atoms with van der Waals surface area (Å²) in [4.78, 5) is 36.8. The van der Waals surface area contributed by atoms with Crippen LogP contribution in [0.2, 0.25) is 0 Å². The Balaban J connectivity index is 1.55. The first kappa shape index (κ1) is 12.4. The number of nitrogens with zero attached hydrogens (tertiary/aromatic N) is 1. The molecule has 0 unspecified atom stereocenters. The highest BCUT2D eigenvalue weighted by Crippen LogP contribution is 2.26. The summed E-state index contributed by atoms with van der Waals surface area (Å²) in [6, 6.07) is -0.426. The molecule has 3 saturated heterocycles. The minimum absolute atomic E-state index is 0.158. The zero-order valence-electron chi connectivity index (χ0n) is 10.7. The molecule has 3 heterocycles. The van der Waals surface area contributed by atoms with Crippen molar-refractivity contribution in [2.75, 3.05) is 26.2 Å². The molecule has 19 heavy (non-hydrogen) atoms. The lowest BCUT2D eigenvalue weighted by atomic mass is 9.87. The fourth-order valence-corrected chi connectivity index (χ4v) is 2.89. The molecule has 0 radical (unpaired) electrons. The Morgan fingerprint density at radius 2 is 1.95 bits per heavy atom. The lowest BCUT2D eigenvalue weighted by Gasteiger charge is -2.38. The van der Waals surface area contributed by atoms with E-state index in [-0.39, 0.29) is 11.8 Å². The normalized spacial score (nSPS) is 26.0. The molecule has 0 atom stereocenters. The molecule has 0 aliphatic carbocycles. The Labute approximate surface area is 111 Å². The molecule has 3 aliphatic rings. The summed E-state index contributed by atoms with van der Waals surface area (Å²) in [5, 5.41) is 8.11. The quantitative estimate of drug-likeness (QED) is 0.547. The SMILES string of the molecule is O=C1NC(=O)C2(CCN(C(=O)CC3CNC3)CC2)N1. The first-order valence-electron chi connectivity index (χ1n) is 6.71. The third-order valence-electron chi connectivity index (χ3n) is 4.31. The highest BCUT2D eigenvalue weighted by molar-refractivity contribution is 6.07. The van der Waals surface area contributed by atoms with Crippen molar-refractivity contribution in [2.24, 2.45) is 5.92 Å². The van der Waals surface area contributed by atoms with E-state index in [2.05, 4.69) is 16.0 Å². The van der Waals surface area contributed by atoms with Gasteiger partial charge in [0.15, 0.2) is 0 Å². The number of hydrogen-bond donors (Lipinski definition) is 3. The number of amides is 4. The fourth-order valence-electron chi connectivity index (χ4n) is 2.89. The van der Waals surface area contributed by atoms with Gasteiger partial charge >= 0.3 is 6.03 Å². The average Bonchev–Trinajstić information content (AvgIpc) is 2.59. The molecule has 3 N–H and O–H groups in total. The highest BCUT2D eigenvalue weighted by atomic mass is 16.2.